The molecule has 0 atom stereocenters. The van der Waals surface area contributed by atoms with Crippen LogP contribution in [0.1, 0.15) is 12.0 Å². The molecule has 0 aliphatic heterocycles. The lowest BCUT2D eigenvalue weighted by atomic mass is 10.1. The second-order valence-corrected chi connectivity index (χ2v) is 3.02. The number of nitrogens with one attached hydrogen (secondary N) is 1. The lowest BCUT2D eigenvalue weighted by Crippen LogP contribution is -2.08. The SMILES string of the molecule is CNCCCc1cc(O)ccc1O. The van der Waals surface area contributed by atoms with E-state index in [1.54, 1.807) is 6.07 Å². The van der Waals surface area contributed by atoms with Gasteiger partial charge in [-0.15, -0.1) is 0 Å². The number of phenols is 2. The molecular weight excluding hydrogens is 166 g/mol. The fourth-order valence-corrected chi connectivity index (χ4v) is 1.23. The maximum absolute atomic E-state index is 9.40. The van der Waals surface area contributed by atoms with Crippen LogP contribution in [-0.2, 0) is 6.42 Å². The highest BCUT2D eigenvalue weighted by molar-refractivity contribution is 5.38. The highest BCUT2D eigenvalue weighted by atomic mass is 16.3. The van der Waals surface area contributed by atoms with Crippen LogP contribution in [-0.4, -0.2) is 23.8 Å². The molecule has 13 heavy (non-hydrogen) atoms. The second kappa shape index (κ2) is 4.72. The second-order valence-electron chi connectivity index (χ2n) is 3.02. The summed E-state index contributed by atoms with van der Waals surface area (Å²) in [7, 11) is 1.89. The number of rotatable bonds is 4. The van der Waals surface area contributed by atoms with E-state index in [0.29, 0.717) is 0 Å². The Labute approximate surface area is 78.0 Å². The molecule has 0 amide bonds. The van der Waals surface area contributed by atoms with Crippen molar-refractivity contribution >= 4 is 0 Å². The summed E-state index contributed by atoms with van der Waals surface area (Å²) < 4.78 is 0. The zero-order valence-electron chi connectivity index (χ0n) is 7.75. The van der Waals surface area contributed by atoms with Gasteiger partial charge in [0.25, 0.3) is 0 Å². The van der Waals surface area contributed by atoms with Gasteiger partial charge in [-0.2, -0.15) is 0 Å². The third-order valence-electron chi connectivity index (χ3n) is 1.94. The maximum atomic E-state index is 9.40. The van der Waals surface area contributed by atoms with E-state index in [9.17, 15) is 5.11 Å². The fraction of sp³-hybridized carbons (Fsp3) is 0.400. The lowest BCUT2D eigenvalue weighted by molar-refractivity contribution is 0.453. The molecule has 0 bridgehead atoms. The molecule has 1 rings (SSSR count). The smallest absolute Gasteiger partial charge is 0.119 e. The Morgan fingerprint density at radius 1 is 1.31 bits per heavy atom. The summed E-state index contributed by atoms with van der Waals surface area (Å²) in [6.07, 6.45) is 1.73. The number of aromatic hydroxyl groups is 2. The molecule has 72 valence electrons. The summed E-state index contributed by atoms with van der Waals surface area (Å²) in [5.41, 5.74) is 0.801. The van der Waals surface area contributed by atoms with Crippen LogP contribution in [0.2, 0.25) is 0 Å². The van der Waals surface area contributed by atoms with Gasteiger partial charge in [0.1, 0.15) is 11.5 Å². The maximum Gasteiger partial charge on any atom is 0.119 e. The van der Waals surface area contributed by atoms with Crippen molar-refractivity contribution < 1.29 is 10.2 Å². The van der Waals surface area contributed by atoms with Crippen LogP contribution >= 0.6 is 0 Å². The highest BCUT2D eigenvalue weighted by Crippen LogP contribution is 2.22. The topological polar surface area (TPSA) is 52.5 Å². The molecule has 3 nitrogen and oxygen atoms in total. The van der Waals surface area contributed by atoms with Crippen LogP contribution in [0.3, 0.4) is 0 Å². The van der Waals surface area contributed by atoms with Gasteiger partial charge in [0.15, 0.2) is 0 Å². The summed E-state index contributed by atoms with van der Waals surface area (Å²) in [6.45, 7) is 0.912. The lowest BCUT2D eigenvalue weighted by Gasteiger charge is -2.04. The normalized spacial score (nSPS) is 10.2. The summed E-state index contributed by atoms with van der Waals surface area (Å²) >= 11 is 0. The molecule has 0 aliphatic rings. The minimum Gasteiger partial charge on any atom is -0.508 e. The van der Waals surface area contributed by atoms with Crippen LogP contribution in [0.5, 0.6) is 11.5 Å². The Balaban J connectivity index is 2.59. The van der Waals surface area contributed by atoms with Gasteiger partial charge in [0, 0.05) is 0 Å². The Morgan fingerprint density at radius 3 is 2.77 bits per heavy atom. The molecule has 3 N–H and O–H groups in total. The van der Waals surface area contributed by atoms with E-state index >= 15 is 0 Å². The molecule has 0 saturated carbocycles. The van der Waals surface area contributed by atoms with Crippen LogP contribution in [0.4, 0.5) is 0 Å². The zero-order valence-corrected chi connectivity index (χ0v) is 7.75. The van der Waals surface area contributed by atoms with Crippen molar-refractivity contribution in [2.75, 3.05) is 13.6 Å². The van der Waals surface area contributed by atoms with Crippen LogP contribution < -0.4 is 5.32 Å². The van der Waals surface area contributed by atoms with Gasteiger partial charge < -0.3 is 15.5 Å². The Kier molecular flexibility index (Phi) is 3.58. The third-order valence-corrected chi connectivity index (χ3v) is 1.94. The first-order chi connectivity index (χ1) is 6.24. The van der Waals surface area contributed by atoms with Crippen molar-refractivity contribution in [1.29, 1.82) is 0 Å². The predicted octanol–water partition coefficient (Wildman–Crippen LogP) is 1.25. The Bertz CT molecular complexity index is 274. The van der Waals surface area contributed by atoms with Crippen LogP contribution in [0, 0.1) is 0 Å². The van der Waals surface area contributed by atoms with E-state index < -0.39 is 0 Å². The van der Waals surface area contributed by atoms with Gasteiger partial charge in [0.2, 0.25) is 0 Å². The number of aryl methyl sites for hydroxylation is 1. The van der Waals surface area contributed by atoms with E-state index in [1.807, 2.05) is 7.05 Å². The molecule has 0 heterocycles. The number of benzene rings is 1. The van der Waals surface area contributed by atoms with Crippen molar-refractivity contribution in [3.8, 4) is 11.5 Å². The third kappa shape index (κ3) is 2.95. The van der Waals surface area contributed by atoms with Crippen molar-refractivity contribution in [1.82, 2.24) is 5.32 Å². The molecule has 0 radical (unpaired) electrons. The van der Waals surface area contributed by atoms with Crippen LogP contribution in [0.15, 0.2) is 18.2 Å². The highest BCUT2D eigenvalue weighted by Gasteiger charge is 2.01. The number of hydrogen-bond donors (Lipinski definition) is 3. The van der Waals surface area contributed by atoms with Gasteiger partial charge in [0.05, 0.1) is 0 Å². The summed E-state index contributed by atoms with van der Waals surface area (Å²) in [5, 5.41) is 21.6. The fourth-order valence-electron chi connectivity index (χ4n) is 1.23. The van der Waals surface area contributed by atoms with E-state index in [2.05, 4.69) is 5.32 Å². The number of phenolic OH excluding ortho intramolecular Hbond substituents is 2. The van der Waals surface area contributed by atoms with Crippen molar-refractivity contribution in [3.63, 3.8) is 0 Å². The summed E-state index contributed by atoms with van der Waals surface area (Å²) in [4.78, 5) is 0. The zero-order chi connectivity index (χ0) is 9.68. The minimum atomic E-state index is 0.206. The van der Waals surface area contributed by atoms with E-state index in [1.165, 1.54) is 12.1 Å². The molecule has 3 heteroatoms. The molecule has 0 saturated heterocycles. The Morgan fingerprint density at radius 2 is 2.08 bits per heavy atom. The molecular formula is C10H15NO2. The van der Waals surface area contributed by atoms with Crippen molar-refractivity contribution in [3.05, 3.63) is 23.8 Å². The quantitative estimate of drug-likeness (QED) is 0.484. The molecule has 0 spiro atoms. The van der Waals surface area contributed by atoms with Gasteiger partial charge in [-0.25, -0.2) is 0 Å². The first-order valence-electron chi connectivity index (χ1n) is 4.39. The molecule has 0 aromatic heterocycles. The first kappa shape index (κ1) is 9.86. The van der Waals surface area contributed by atoms with Gasteiger partial charge in [-0.3, -0.25) is 0 Å². The molecule has 0 fully saturated rings. The standard InChI is InChI=1S/C10H15NO2/c1-11-6-2-3-8-7-9(12)4-5-10(8)13/h4-5,7,11-13H,2-3,6H2,1H3. The van der Waals surface area contributed by atoms with Gasteiger partial charge in [-0.1, -0.05) is 0 Å². The van der Waals surface area contributed by atoms with E-state index in [0.717, 1.165) is 24.9 Å². The van der Waals surface area contributed by atoms with Gasteiger partial charge >= 0.3 is 0 Å². The van der Waals surface area contributed by atoms with Crippen molar-refractivity contribution in [2.45, 2.75) is 12.8 Å². The minimum absolute atomic E-state index is 0.206. The van der Waals surface area contributed by atoms with Gasteiger partial charge in [-0.05, 0) is 50.2 Å². The summed E-state index contributed by atoms with van der Waals surface area (Å²) in [5.74, 6) is 0.464. The number of hydrogen-bond acceptors (Lipinski definition) is 3. The van der Waals surface area contributed by atoms with Crippen LogP contribution in [0.25, 0.3) is 0 Å². The predicted molar refractivity (Wildman–Crippen MR) is 52.0 cm³/mol. The molecule has 0 aliphatic carbocycles. The molecule has 1 aromatic rings. The first-order valence-corrected chi connectivity index (χ1v) is 4.39. The average molecular weight is 181 g/mol. The van der Waals surface area contributed by atoms with E-state index in [4.69, 9.17) is 5.11 Å². The largest absolute Gasteiger partial charge is 0.508 e. The average Bonchev–Trinajstić information content (AvgIpc) is 2.11. The summed E-state index contributed by atoms with van der Waals surface area (Å²) in [6, 6.07) is 4.60. The van der Waals surface area contributed by atoms with Crippen molar-refractivity contribution in [2.24, 2.45) is 0 Å². The molecule has 1 aromatic carbocycles. The van der Waals surface area contributed by atoms with E-state index in [-0.39, 0.29) is 11.5 Å². The monoisotopic (exact) mass is 181 g/mol. The Hall–Kier alpha value is -1.22. The molecule has 0 unspecified atom stereocenters.